The van der Waals surface area contributed by atoms with E-state index in [4.69, 9.17) is 52.1 Å². The number of phenols is 2. The summed E-state index contributed by atoms with van der Waals surface area (Å²) < 4.78 is 62.5. The summed E-state index contributed by atoms with van der Waals surface area (Å²) in [6, 6.07) is -1.32. The molecule has 13 aliphatic heterocycles. The first-order valence-electron chi connectivity index (χ1n) is 43.7. The van der Waals surface area contributed by atoms with E-state index < -0.39 is 154 Å². The Morgan fingerprint density at radius 3 is 1.59 bits per heavy atom. The number of aryl methyl sites for hydroxylation is 1. The summed E-state index contributed by atoms with van der Waals surface area (Å²) in [7, 11) is 13.7. The van der Waals surface area contributed by atoms with E-state index in [0.29, 0.717) is 81.3 Å². The van der Waals surface area contributed by atoms with Crippen molar-refractivity contribution in [3.63, 3.8) is 0 Å². The number of aliphatic hydroxyl groups is 2. The number of rotatable bonds is 12. The molecule has 20 rings (SSSR count). The van der Waals surface area contributed by atoms with Crippen molar-refractivity contribution < 1.29 is 135 Å². The first kappa shape index (κ1) is 92.8. The average Bonchev–Trinajstić information content (AvgIpc) is 1.48. The molecule has 1 spiro atoms. The molecule has 0 saturated carbocycles. The van der Waals surface area contributed by atoms with Gasteiger partial charge >= 0.3 is 17.9 Å². The zero-order chi connectivity index (χ0) is 95.8. The van der Waals surface area contributed by atoms with E-state index >= 15 is 0 Å². The van der Waals surface area contributed by atoms with Crippen LogP contribution in [0.2, 0.25) is 0 Å². The molecule has 13 heterocycles. The number of phenolic OH excluding ortho intramolecular Hbond substituents is 2. The van der Waals surface area contributed by atoms with Crippen LogP contribution in [0.3, 0.4) is 0 Å². The number of aliphatic hydroxyl groups excluding tert-OH is 2. The highest BCUT2D eigenvalue weighted by Gasteiger charge is 2.66. The Bertz CT molecular complexity index is 6120. The van der Waals surface area contributed by atoms with Gasteiger partial charge in [0, 0.05) is 153 Å². The first-order chi connectivity index (χ1) is 63.3. The van der Waals surface area contributed by atoms with Crippen LogP contribution in [-0.2, 0) is 109 Å². The highest BCUT2D eigenvalue weighted by atomic mass is 32.2. The molecule has 17 aliphatic rings. The van der Waals surface area contributed by atoms with Crippen LogP contribution in [0.1, 0.15) is 136 Å². The highest BCUT2D eigenvalue weighted by molar-refractivity contribution is 7.99. The van der Waals surface area contributed by atoms with Crippen LogP contribution in [0.5, 0.6) is 40.2 Å². The Morgan fingerprint density at radius 2 is 1.06 bits per heavy atom. The van der Waals surface area contributed by atoms with Crippen LogP contribution >= 0.6 is 11.8 Å². The molecular weight excluding hydrogens is 1750 g/mol. The monoisotopic (exact) mass is 1850 g/mol. The smallest absolute Gasteiger partial charge is 0.331 e. The first-order valence-corrected chi connectivity index (χ1v) is 44.8. The molecule has 702 valence electrons. The summed E-state index contributed by atoms with van der Waals surface area (Å²) in [5.74, 6) is -4.87. The highest BCUT2D eigenvalue weighted by Crippen LogP contribution is 2.66. The molecule has 38 heteroatoms. The number of allylic oxidation sites excluding steroid dienone is 8. The minimum Gasteiger partial charge on any atom is -0.504 e. The number of hydrogen-bond donors (Lipinski definition) is 6. The Balaban J connectivity index is 0.000000142. The maximum atomic E-state index is 14.7. The van der Waals surface area contributed by atoms with E-state index in [1.54, 1.807) is 43.0 Å². The maximum absolute atomic E-state index is 14.7. The molecule has 0 radical (unpaired) electrons. The lowest BCUT2D eigenvalue weighted by Gasteiger charge is -2.62. The number of ketones is 9. The van der Waals surface area contributed by atoms with Gasteiger partial charge in [0.25, 0.3) is 5.91 Å². The molecule has 4 saturated heterocycles. The number of esters is 3. The molecule has 37 nitrogen and oxygen atoms in total. The number of hydrogen-bond acceptors (Lipinski definition) is 37. The number of amides is 1. The number of benzene rings is 3. The van der Waals surface area contributed by atoms with Crippen molar-refractivity contribution in [2.45, 2.75) is 203 Å². The van der Waals surface area contributed by atoms with Crippen LogP contribution in [0.15, 0.2) is 108 Å². The number of ether oxygens (including phenoxy) is 11. The van der Waals surface area contributed by atoms with Gasteiger partial charge in [-0.3, -0.25) is 92.3 Å². The molecule has 17 atom stereocenters. The zero-order valence-corrected chi connectivity index (χ0v) is 77.4. The third-order valence-corrected chi connectivity index (χ3v) is 31.2. The van der Waals surface area contributed by atoms with E-state index in [1.807, 2.05) is 41.7 Å². The van der Waals surface area contributed by atoms with Gasteiger partial charge in [0.1, 0.15) is 37.5 Å². The van der Waals surface area contributed by atoms with Gasteiger partial charge in [-0.15, -0.1) is 11.8 Å². The van der Waals surface area contributed by atoms with E-state index in [1.165, 1.54) is 89.0 Å². The number of aromatic hydroxyl groups is 2. The van der Waals surface area contributed by atoms with Gasteiger partial charge in [0.05, 0.1) is 102 Å². The number of thioether (sulfide) groups is 1. The SMILES string of the molecule is COC1=C(C)C(=O)C2=C(C1=O)[C@@H]1[C@@H]3CC4=C(C(=O)C(OC)=C(C)C4=O)[C@H](CNC(=O)C(C)=O)N3[C@@H](C#N)C(C2)N1C.COC1=C(C)C(=O)C2=C(C1=O)[C@@H]1[C@@H]3CC4=C(C(=O)C(OC)=C(C)C4=O)[C@H](COC(C)=O)N3[C@@H](O)[C@H](C2)N1C.COc1cc2c(cc1O)CCN[C@]21CS[C@@H]2c3c(OC(C)=O)c(C)c4c(c3[C@H](COC1=O)N1[C@@H]2[C@H]2c3c(cc(C)c(OC)c3O)C[C@@H]([C@@H]1O)N2C)OCO4. The van der Waals surface area contributed by atoms with Crippen molar-refractivity contribution in [1.82, 2.24) is 40.0 Å². The number of nitrogens with one attached hydrogen (secondary N) is 2. The maximum Gasteiger partial charge on any atom is 0.331 e. The van der Waals surface area contributed by atoms with Crippen LogP contribution in [0, 0.1) is 25.2 Å². The molecule has 6 N–H and O–H groups in total. The van der Waals surface area contributed by atoms with Gasteiger partial charge in [-0.05, 0) is 136 Å². The lowest BCUT2D eigenvalue weighted by molar-refractivity contribution is -0.186. The van der Waals surface area contributed by atoms with Crippen molar-refractivity contribution in [2.24, 2.45) is 0 Å². The third kappa shape index (κ3) is 13.8. The fourth-order valence-electron chi connectivity index (χ4n) is 23.9. The average molecular weight is 1850 g/mol. The lowest BCUT2D eigenvalue weighted by atomic mass is 9.67. The number of Topliss-reactive ketones (excluding diaryl/α,β-unsaturated/α-hetero) is 9. The number of nitriles is 1. The molecule has 1 amide bonds. The number of fused-ring (bicyclic) bond motifs is 19. The molecule has 1 unspecified atom stereocenters. The molecule has 3 aromatic carbocycles. The van der Waals surface area contributed by atoms with Crippen molar-refractivity contribution in [2.75, 3.05) is 103 Å². The number of likely N-dealkylation sites (N-methyl/N-ethyl adjacent to an activating group) is 3. The van der Waals surface area contributed by atoms with E-state index in [9.17, 15) is 88.0 Å². The van der Waals surface area contributed by atoms with Gasteiger partial charge in [0.2, 0.25) is 35.7 Å². The number of piperazine rings is 3. The topological polar surface area (TPSA) is 472 Å². The summed E-state index contributed by atoms with van der Waals surface area (Å²) >= 11 is 1.47. The number of carbonyl (C=O) groups is 13. The Hall–Kier alpha value is -12.0. The minimum atomic E-state index is -1.36. The van der Waals surface area contributed by atoms with Crippen LogP contribution < -0.4 is 34.3 Å². The molecule has 0 aromatic heterocycles. The standard InChI is InChI=1S/C39H43N3O11S.C29H30N4O8.C27H30N2O9/c1-16-9-20-10-22-37(46)42-23-13-50-38(47)39(21-12-25(48-5)24(44)11-19(21)7-8-40-39)14-54-36(30(42)29(41(22)4)26(20)31(45)32(16)49-6)28-27(23)35-34(51-15-52-35)17(2)33(28)53-18(3)43;1-11-23(35)14-8-17-22-21-15(24(36)12(2)28(41-6)26(21)38)7-16(32(22)4)18(9-30)33(17)19(10-31-29(39)13(3)34)20(14)25(37)27(11)40-5;1-10-21(31)13-7-15-20-19-14(22(32)11(2)26(37-6)24(19)34)8-16(28(20)4)27(35)29(15)17(9-38-12(3)30)18(13)23(33)25(10)36-5/h9,11-12,22-23,29-30,36-37,40,44-46H,7-8,10,13-15H2,1-6H3;16-19,22H,7-8,10H2,1-6H3,(H,31,39);15-17,20,27,35H,7-9H2,1-6H3/t22-,23-,29+,30+,36+,37-,39+;16?,17-,18-,19-,22-;15-,16-,17-,20-,27-/m000/s1. The van der Waals surface area contributed by atoms with E-state index in [-0.39, 0.29) is 177 Å². The second-order valence-electron chi connectivity index (χ2n) is 36.1. The van der Waals surface area contributed by atoms with Crippen molar-refractivity contribution in [3.05, 3.63) is 153 Å². The summed E-state index contributed by atoms with van der Waals surface area (Å²) in [5.41, 5.74) is 6.87. The fourth-order valence-corrected chi connectivity index (χ4v) is 25.6. The number of carbonyl (C=O) groups excluding carboxylic acids is 13. The van der Waals surface area contributed by atoms with Gasteiger partial charge < -0.3 is 77.8 Å². The van der Waals surface area contributed by atoms with Crippen LogP contribution in [0.25, 0.3) is 0 Å². The summed E-state index contributed by atoms with van der Waals surface area (Å²) in [5, 5.41) is 62.9. The summed E-state index contributed by atoms with van der Waals surface area (Å²) in [6.45, 7) is 13.1. The number of methoxy groups -OCH3 is 6. The largest absolute Gasteiger partial charge is 0.504 e. The van der Waals surface area contributed by atoms with Gasteiger partial charge in [-0.1, -0.05) is 6.07 Å². The molecule has 3 aromatic rings. The van der Waals surface area contributed by atoms with Gasteiger partial charge in [-0.2, -0.15) is 5.26 Å². The molecule has 4 fully saturated rings. The second-order valence-corrected chi connectivity index (χ2v) is 37.2. The predicted molar refractivity (Wildman–Crippen MR) is 465 cm³/mol. The Kier molecular flexibility index (Phi) is 24.0. The van der Waals surface area contributed by atoms with Crippen molar-refractivity contribution in [1.29, 1.82) is 5.26 Å². The third-order valence-electron chi connectivity index (χ3n) is 29.7. The quantitative estimate of drug-likeness (QED) is 0.0655. The number of nitrogens with zero attached hydrogens (tertiary/aromatic N) is 7. The van der Waals surface area contributed by atoms with E-state index in [0.717, 1.165) is 23.6 Å². The van der Waals surface area contributed by atoms with Gasteiger partial charge in [-0.25, -0.2) is 4.79 Å². The molecular formula is C95H103N9O28S. The minimum absolute atomic E-state index is 0.00850. The summed E-state index contributed by atoms with van der Waals surface area (Å²) in [6.07, 6.45) is -0.966. The van der Waals surface area contributed by atoms with Gasteiger partial charge in [0.15, 0.2) is 86.2 Å². The fraction of sp³-hybridized carbons (Fsp3) is 0.495. The second kappa shape index (κ2) is 34.5. The Labute approximate surface area is 768 Å². The Morgan fingerprint density at radius 1 is 0.556 bits per heavy atom. The normalized spacial score (nSPS) is 30.4. The van der Waals surface area contributed by atoms with Crippen LogP contribution in [-0.4, -0.2) is 307 Å². The molecule has 4 aliphatic carbocycles. The lowest BCUT2D eigenvalue weighted by Crippen LogP contribution is -2.74. The van der Waals surface area contributed by atoms with Crippen molar-refractivity contribution >= 4 is 87.6 Å². The van der Waals surface area contributed by atoms with Crippen molar-refractivity contribution in [3.8, 4) is 46.3 Å². The van der Waals surface area contributed by atoms with E-state index in [2.05, 4.69) is 21.6 Å². The molecule has 133 heavy (non-hydrogen) atoms. The summed E-state index contributed by atoms with van der Waals surface area (Å²) in [4.78, 5) is 183. The van der Waals surface area contributed by atoms with Crippen LogP contribution in [0.4, 0.5) is 0 Å². The molecule has 8 bridgehead atoms. The zero-order valence-electron chi connectivity index (χ0n) is 76.6. The predicted octanol–water partition coefficient (Wildman–Crippen LogP) is 3.40.